The molecule has 0 aromatic carbocycles. The lowest BCUT2D eigenvalue weighted by atomic mass is 9.88. The van der Waals surface area contributed by atoms with Crippen LogP contribution in [0.3, 0.4) is 0 Å². The minimum Gasteiger partial charge on any atom is -0.481 e. The minimum atomic E-state index is -0.833. The predicted molar refractivity (Wildman–Crippen MR) is 193 cm³/mol. The molecule has 0 amide bonds. The van der Waals surface area contributed by atoms with Gasteiger partial charge in [0, 0.05) is 40.9 Å². The first-order chi connectivity index (χ1) is 22.9. The Labute approximate surface area is 294 Å². The third kappa shape index (κ3) is 36.6. The molecule has 0 aliphatic carbocycles. The molecule has 3 unspecified atom stereocenters. The Morgan fingerprint density at radius 3 is 1.48 bits per heavy atom. The fourth-order valence-corrected chi connectivity index (χ4v) is 4.49. The molecule has 1 rings (SSSR count). The summed E-state index contributed by atoms with van der Waals surface area (Å²) in [6.07, 6.45) is 13.1. The number of aliphatic carboxylic acids is 1. The largest absolute Gasteiger partial charge is 0.481 e. The molecule has 11 nitrogen and oxygen atoms in total. The van der Waals surface area contributed by atoms with Gasteiger partial charge in [0.2, 0.25) is 0 Å². The molecule has 0 saturated carbocycles. The van der Waals surface area contributed by atoms with Crippen molar-refractivity contribution in [3.05, 3.63) is 0 Å². The maximum absolute atomic E-state index is 12.7. The van der Waals surface area contributed by atoms with Crippen LogP contribution in [-0.2, 0) is 42.9 Å². The van der Waals surface area contributed by atoms with E-state index in [0.717, 1.165) is 52.6 Å². The molecule has 48 heavy (non-hydrogen) atoms. The minimum absolute atomic E-state index is 0.167. The molecule has 1 fully saturated rings. The van der Waals surface area contributed by atoms with Crippen molar-refractivity contribution >= 4 is 23.9 Å². The Bertz CT molecular complexity index is 711. The van der Waals surface area contributed by atoms with Gasteiger partial charge in [0.15, 0.2) is 12.4 Å². The van der Waals surface area contributed by atoms with Crippen molar-refractivity contribution in [3.63, 3.8) is 0 Å². The summed E-state index contributed by atoms with van der Waals surface area (Å²) in [4.78, 5) is 43.0. The summed E-state index contributed by atoms with van der Waals surface area (Å²) >= 11 is 0. The van der Waals surface area contributed by atoms with Gasteiger partial charge in [-0.15, -0.1) is 0 Å². The summed E-state index contributed by atoms with van der Waals surface area (Å²) < 4.78 is 27.7. The first-order valence-electron chi connectivity index (χ1n) is 18.3. The molecule has 0 bridgehead atoms. The van der Waals surface area contributed by atoms with E-state index in [9.17, 15) is 14.4 Å². The van der Waals surface area contributed by atoms with Gasteiger partial charge in [0.25, 0.3) is 5.97 Å². The van der Waals surface area contributed by atoms with Crippen LogP contribution in [0.25, 0.3) is 0 Å². The molecule has 2 N–H and O–H groups in total. The Morgan fingerprint density at radius 2 is 1.08 bits per heavy atom. The van der Waals surface area contributed by atoms with Crippen LogP contribution in [0.4, 0.5) is 0 Å². The Balaban J connectivity index is -0.000000348. The standard InChI is InChI=1S/C27H50O6.C3H6O2.C2H4O2.2C2H6.CH4O/c1-6-9-11-12-13-14-15-16-17-19-24(29)33-26-23(8-3)27(30-20-18-10-7-2)31-21(4)25(26)32-22(5)28;1-3(4)5-2;1-2(3)4;3*1-2/h21,23,25-27H,6-20H2,1-5H3;1-2H3;1H3,(H,3,4);2*1-2H3;2H,1H3/t21?,23?,25-,26-,27?;;;;;/m1...../s1. The molecule has 0 aromatic rings. The monoisotopic (exact) mass is 697 g/mol. The van der Waals surface area contributed by atoms with Gasteiger partial charge in [-0.1, -0.05) is 113 Å². The van der Waals surface area contributed by atoms with E-state index in [-0.39, 0.29) is 17.9 Å². The first-order valence-corrected chi connectivity index (χ1v) is 18.3. The van der Waals surface area contributed by atoms with Crippen LogP contribution in [0.2, 0.25) is 0 Å². The second-order valence-corrected chi connectivity index (χ2v) is 10.7. The van der Waals surface area contributed by atoms with Crippen LogP contribution in [0, 0.1) is 5.92 Å². The number of ether oxygens (including phenoxy) is 5. The number of carbonyl (C=O) groups is 4. The van der Waals surface area contributed by atoms with Crippen molar-refractivity contribution in [1.82, 2.24) is 0 Å². The molecular formula is C37H76O11. The quantitative estimate of drug-likeness (QED) is 0.0803. The van der Waals surface area contributed by atoms with E-state index in [0.29, 0.717) is 19.4 Å². The summed E-state index contributed by atoms with van der Waals surface area (Å²) in [5.41, 5.74) is 0. The maximum atomic E-state index is 12.7. The molecule has 0 spiro atoms. The van der Waals surface area contributed by atoms with Crippen LogP contribution in [0.15, 0.2) is 0 Å². The smallest absolute Gasteiger partial charge is 0.306 e. The predicted octanol–water partition coefficient (Wildman–Crippen LogP) is 8.66. The summed E-state index contributed by atoms with van der Waals surface area (Å²) in [7, 11) is 2.35. The number of aliphatic hydroxyl groups excluding tert-OH is 1. The topological polar surface area (TPSA) is 155 Å². The maximum Gasteiger partial charge on any atom is 0.306 e. The highest BCUT2D eigenvalue weighted by atomic mass is 16.7. The lowest BCUT2D eigenvalue weighted by molar-refractivity contribution is -0.283. The molecule has 0 radical (unpaired) electrons. The average molecular weight is 697 g/mol. The van der Waals surface area contributed by atoms with Crippen LogP contribution in [0.1, 0.15) is 166 Å². The van der Waals surface area contributed by atoms with Crippen LogP contribution in [-0.4, -0.2) is 79.5 Å². The second kappa shape index (κ2) is 42.8. The summed E-state index contributed by atoms with van der Waals surface area (Å²) in [5, 5.41) is 14.4. The van der Waals surface area contributed by atoms with Crippen molar-refractivity contribution in [2.75, 3.05) is 20.8 Å². The van der Waals surface area contributed by atoms with Crippen molar-refractivity contribution in [3.8, 4) is 0 Å². The number of unbranched alkanes of at least 4 members (excludes halogenated alkanes) is 10. The van der Waals surface area contributed by atoms with Gasteiger partial charge in [0.1, 0.15) is 6.10 Å². The van der Waals surface area contributed by atoms with Gasteiger partial charge in [-0.05, 0) is 26.2 Å². The van der Waals surface area contributed by atoms with Crippen molar-refractivity contribution in [2.24, 2.45) is 5.92 Å². The summed E-state index contributed by atoms with van der Waals surface area (Å²) in [5.74, 6) is -1.87. The average Bonchev–Trinajstić information content (AvgIpc) is 3.06. The SMILES string of the molecule is CC.CC.CC(=O)O.CCCCCCCCCCCC(=O)O[C@@H]1C(CC)C(OCCCCC)OC(C)[C@H]1OC(C)=O.CO.COC(C)=O. The van der Waals surface area contributed by atoms with Gasteiger partial charge in [0.05, 0.1) is 19.1 Å². The molecule has 1 aliphatic heterocycles. The molecule has 1 saturated heterocycles. The third-order valence-electron chi connectivity index (χ3n) is 6.75. The first kappa shape index (κ1) is 55.2. The lowest BCUT2D eigenvalue weighted by Crippen LogP contribution is -2.57. The second-order valence-electron chi connectivity index (χ2n) is 10.7. The molecule has 5 atom stereocenters. The van der Waals surface area contributed by atoms with Gasteiger partial charge in [-0.25, -0.2) is 0 Å². The number of hydrogen-bond acceptors (Lipinski definition) is 10. The molecule has 0 aromatic heterocycles. The lowest BCUT2D eigenvalue weighted by Gasteiger charge is -2.44. The van der Waals surface area contributed by atoms with E-state index >= 15 is 0 Å². The number of rotatable bonds is 18. The van der Waals surface area contributed by atoms with Crippen LogP contribution in [0.5, 0.6) is 0 Å². The number of methoxy groups -OCH3 is 1. The molecule has 290 valence electrons. The van der Waals surface area contributed by atoms with Crippen molar-refractivity contribution in [2.45, 2.75) is 191 Å². The molecular weight excluding hydrogens is 620 g/mol. The summed E-state index contributed by atoms with van der Waals surface area (Å²) in [6.45, 7) is 20.7. The normalized spacial score (nSPS) is 18.8. The highest BCUT2D eigenvalue weighted by molar-refractivity contribution is 5.70. The van der Waals surface area contributed by atoms with Crippen LogP contribution >= 0.6 is 0 Å². The van der Waals surface area contributed by atoms with Crippen LogP contribution < -0.4 is 0 Å². The number of hydrogen-bond donors (Lipinski definition) is 2. The number of carboxylic acid groups (broad SMARTS) is 1. The van der Waals surface area contributed by atoms with E-state index in [4.69, 9.17) is 34.0 Å². The number of aliphatic hydroxyl groups is 1. The molecule has 1 heterocycles. The number of carboxylic acids is 1. The zero-order valence-corrected chi connectivity index (χ0v) is 33.1. The van der Waals surface area contributed by atoms with Gasteiger partial charge < -0.3 is 33.9 Å². The Hall–Kier alpha value is -2.24. The zero-order chi connectivity index (χ0) is 38.3. The van der Waals surface area contributed by atoms with E-state index in [1.165, 1.54) is 59.5 Å². The fourth-order valence-electron chi connectivity index (χ4n) is 4.49. The molecule has 1 aliphatic rings. The van der Waals surface area contributed by atoms with Gasteiger partial charge in [-0.3, -0.25) is 19.2 Å². The fraction of sp³-hybridized carbons (Fsp3) is 0.892. The highest BCUT2D eigenvalue weighted by Gasteiger charge is 2.48. The number of esters is 3. The highest BCUT2D eigenvalue weighted by Crippen LogP contribution is 2.34. The van der Waals surface area contributed by atoms with Crippen molar-refractivity contribution in [1.29, 1.82) is 0 Å². The van der Waals surface area contributed by atoms with E-state index in [1.807, 2.05) is 41.5 Å². The third-order valence-corrected chi connectivity index (χ3v) is 6.75. The zero-order valence-electron chi connectivity index (χ0n) is 33.1. The Morgan fingerprint density at radius 1 is 0.667 bits per heavy atom. The Kier molecular flexibility index (Phi) is 49.2. The van der Waals surface area contributed by atoms with E-state index in [2.05, 4.69) is 18.6 Å². The van der Waals surface area contributed by atoms with Gasteiger partial charge in [-0.2, -0.15) is 0 Å². The molecule has 11 heteroatoms. The van der Waals surface area contributed by atoms with Gasteiger partial charge >= 0.3 is 17.9 Å². The van der Waals surface area contributed by atoms with Crippen molar-refractivity contribution < 1.29 is 53.1 Å². The van der Waals surface area contributed by atoms with E-state index < -0.39 is 36.5 Å². The number of carbonyl (C=O) groups excluding carboxylic acids is 3. The summed E-state index contributed by atoms with van der Waals surface area (Å²) in [6, 6.07) is 0. The van der Waals surface area contributed by atoms with E-state index in [1.54, 1.807) is 0 Å².